The Kier molecular flexibility index (Phi) is 7.17. The highest BCUT2D eigenvalue weighted by Crippen LogP contribution is 2.41. The van der Waals surface area contributed by atoms with Gasteiger partial charge in [0.05, 0.1) is 0 Å². The van der Waals surface area contributed by atoms with E-state index in [-0.39, 0.29) is 0 Å². The second-order valence-electron chi connectivity index (χ2n) is 14.1. The first-order chi connectivity index (χ1) is 27.2. The highest BCUT2D eigenvalue weighted by Gasteiger charge is 2.17. The van der Waals surface area contributed by atoms with Crippen molar-refractivity contribution in [1.82, 2.24) is 0 Å². The molecule has 0 atom stereocenters. The van der Waals surface area contributed by atoms with E-state index in [0.717, 1.165) is 83.2 Å². The maximum absolute atomic E-state index is 6.23. The zero-order chi connectivity index (χ0) is 36.3. The minimum Gasteiger partial charge on any atom is -0.456 e. The summed E-state index contributed by atoms with van der Waals surface area (Å²) in [7, 11) is 0. The van der Waals surface area contributed by atoms with Crippen LogP contribution in [0.15, 0.2) is 209 Å². The summed E-state index contributed by atoms with van der Waals surface area (Å²) in [4.78, 5) is 2.33. The largest absolute Gasteiger partial charge is 0.456 e. The van der Waals surface area contributed by atoms with Crippen LogP contribution in [0, 0.1) is 0 Å². The fourth-order valence-corrected chi connectivity index (χ4v) is 8.23. The molecule has 0 aliphatic rings. The van der Waals surface area contributed by atoms with Gasteiger partial charge in [0.15, 0.2) is 0 Å². The van der Waals surface area contributed by atoms with Crippen LogP contribution >= 0.6 is 0 Å². The molecule has 3 nitrogen and oxygen atoms in total. The Bertz CT molecular complexity index is 3180. The third kappa shape index (κ3) is 5.28. The summed E-state index contributed by atoms with van der Waals surface area (Å²) in [5, 5.41) is 7.04. The molecule has 11 rings (SSSR count). The Morgan fingerprint density at radius 1 is 0.291 bits per heavy atom. The smallest absolute Gasteiger partial charge is 0.136 e. The van der Waals surface area contributed by atoms with Crippen LogP contribution in [0.1, 0.15) is 0 Å². The molecule has 0 N–H and O–H groups in total. The molecule has 55 heavy (non-hydrogen) atoms. The van der Waals surface area contributed by atoms with Gasteiger partial charge in [-0.15, -0.1) is 0 Å². The SMILES string of the molecule is c1ccc2c(-c3ccc(N(c4ccc(-c5ccc6c(c5)oc5ccccc56)cc4)c4ccc(-c5cccc6oc7ccccc7c56)cc4)cc3)cccc2c1. The minimum absolute atomic E-state index is 0.898. The third-order valence-electron chi connectivity index (χ3n) is 10.9. The Morgan fingerprint density at radius 3 is 1.49 bits per heavy atom. The van der Waals surface area contributed by atoms with Gasteiger partial charge in [0.25, 0.3) is 0 Å². The van der Waals surface area contributed by atoms with Crippen LogP contribution in [-0.2, 0) is 0 Å². The third-order valence-corrected chi connectivity index (χ3v) is 10.9. The van der Waals surface area contributed by atoms with Crippen molar-refractivity contribution in [2.24, 2.45) is 0 Å². The molecular weight excluding hydrogens is 671 g/mol. The first-order valence-electron chi connectivity index (χ1n) is 18.7. The molecule has 11 aromatic rings. The predicted molar refractivity (Wildman–Crippen MR) is 229 cm³/mol. The van der Waals surface area contributed by atoms with E-state index in [9.17, 15) is 0 Å². The fourth-order valence-electron chi connectivity index (χ4n) is 8.23. The van der Waals surface area contributed by atoms with Gasteiger partial charge in [0.2, 0.25) is 0 Å². The molecular formula is C52H33NO2. The molecule has 0 saturated carbocycles. The molecule has 0 saturated heterocycles. The molecule has 0 bridgehead atoms. The van der Waals surface area contributed by atoms with Gasteiger partial charge in [-0.25, -0.2) is 0 Å². The Labute approximate surface area is 317 Å². The minimum atomic E-state index is 0.898. The average Bonchev–Trinajstić information content (AvgIpc) is 3.83. The number of nitrogens with zero attached hydrogens (tertiary/aromatic N) is 1. The van der Waals surface area contributed by atoms with E-state index in [0.29, 0.717) is 0 Å². The van der Waals surface area contributed by atoms with Crippen LogP contribution in [0.3, 0.4) is 0 Å². The monoisotopic (exact) mass is 703 g/mol. The lowest BCUT2D eigenvalue weighted by Crippen LogP contribution is -2.09. The van der Waals surface area contributed by atoms with E-state index in [1.54, 1.807) is 0 Å². The van der Waals surface area contributed by atoms with E-state index in [1.165, 1.54) is 21.9 Å². The molecule has 258 valence electrons. The van der Waals surface area contributed by atoms with Crippen LogP contribution < -0.4 is 4.90 Å². The summed E-state index contributed by atoms with van der Waals surface area (Å²) < 4.78 is 12.4. The Hall–Kier alpha value is -7.36. The van der Waals surface area contributed by atoms with Crippen molar-refractivity contribution < 1.29 is 8.83 Å². The molecule has 0 fully saturated rings. The molecule has 0 unspecified atom stereocenters. The number of para-hydroxylation sites is 2. The second-order valence-corrected chi connectivity index (χ2v) is 14.1. The van der Waals surface area contributed by atoms with E-state index in [1.807, 2.05) is 24.3 Å². The molecule has 0 aliphatic heterocycles. The molecule has 0 radical (unpaired) electrons. The zero-order valence-electron chi connectivity index (χ0n) is 29.8. The van der Waals surface area contributed by atoms with Gasteiger partial charge in [-0.1, -0.05) is 133 Å². The Morgan fingerprint density at radius 2 is 0.764 bits per heavy atom. The maximum atomic E-state index is 6.23. The van der Waals surface area contributed by atoms with E-state index in [4.69, 9.17) is 8.83 Å². The quantitative estimate of drug-likeness (QED) is 0.173. The van der Waals surface area contributed by atoms with E-state index >= 15 is 0 Å². The second kappa shape index (κ2) is 12.6. The molecule has 0 aliphatic carbocycles. The van der Waals surface area contributed by atoms with E-state index < -0.39 is 0 Å². The molecule has 3 heteroatoms. The van der Waals surface area contributed by atoms with Crippen molar-refractivity contribution in [3.63, 3.8) is 0 Å². The van der Waals surface area contributed by atoms with Crippen molar-refractivity contribution >= 4 is 71.7 Å². The summed E-state index contributed by atoms with van der Waals surface area (Å²) >= 11 is 0. The molecule has 2 heterocycles. The van der Waals surface area contributed by atoms with Crippen LogP contribution in [0.25, 0.3) is 88.0 Å². The van der Waals surface area contributed by atoms with Crippen LogP contribution in [0.5, 0.6) is 0 Å². The first-order valence-corrected chi connectivity index (χ1v) is 18.7. The van der Waals surface area contributed by atoms with Gasteiger partial charge < -0.3 is 13.7 Å². The van der Waals surface area contributed by atoms with Crippen LogP contribution in [0.2, 0.25) is 0 Å². The normalized spacial score (nSPS) is 11.6. The molecule has 9 aromatic carbocycles. The summed E-state index contributed by atoms with van der Waals surface area (Å²) in [6, 6.07) is 71.1. The van der Waals surface area contributed by atoms with Crippen molar-refractivity contribution in [3.8, 4) is 33.4 Å². The molecule has 0 amide bonds. The van der Waals surface area contributed by atoms with Gasteiger partial charge in [0, 0.05) is 38.6 Å². The zero-order valence-corrected chi connectivity index (χ0v) is 29.8. The first kappa shape index (κ1) is 31.2. The molecule has 0 spiro atoms. The highest BCUT2D eigenvalue weighted by molar-refractivity contribution is 6.12. The van der Waals surface area contributed by atoms with Crippen molar-refractivity contribution in [1.29, 1.82) is 0 Å². The van der Waals surface area contributed by atoms with Crippen molar-refractivity contribution in [2.45, 2.75) is 0 Å². The van der Waals surface area contributed by atoms with Gasteiger partial charge in [-0.05, 0) is 111 Å². The lowest BCUT2D eigenvalue weighted by Gasteiger charge is -2.26. The number of hydrogen-bond donors (Lipinski definition) is 0. The number of anilines is 3. The van der Waals surface area contributed by atoms with Gasteiger partial charge in [-0.2, -0.15) is 0 Å². The number of benzene rings is 9. The summed E-state index contributed by atoms with van der Waals surface area (Å²) in [5.74, 6) is 0. The molecule has 2 aromatic heterocycles. The summed E-state index contributed by atoms with van der Waals surface area (Å²) in [5.41, 5.74) is 13.8. The lowest BCUT2D eigenvalue weighted by molar-refractivity contribution is 0.668. The summed E-state index contributed by atoms with van der Waals surface area (Å²) in [6.45, 7) is 0. The van der Waals surface area contributed by atoms with Crippen molar-refractivity contribution in [3.05, 3.63) is 200 Å². The average molecular weight is 704 g/mol. The van der Waals surface area contributed by atoms with E-state index in [2.05, 4.69) is 181 Å². The topological polar surface area (TPSA) is 29.5 Å². The van der Waals surface area contributed by atoms with Gasteiger partial charge >= 0.3 is 0 Å². The Balaban J connectivity index is 0.994. The van der Waals surface area contributed by atoms with Gasteiger partial charge in [0.1, 0.15) is 22.3 Å². The highest BCUT2D eigenvalue weighted by atomic mass is 16.3. The summed E-state index contributed by atoms with van der Waals surface area (Å²) in [6.07, 6.45) is 0. The van der Waals surface area contributed by atoms with Crippen LogP contribution in [0.4, 0.5) is 17.1 Å². The van der Waals surface area contributed by atoms with Gasteiger partial charge in [-0.3, -0.25) is 0 Å². The maximum Gasteiger partial charge on any atom is 0.136 e. The lowest BCUT2D eigenvalue weighted by atomic mass is 9.97. The number of fused-ring (bicyclic) bond motifs is 7. The number of furan rings is 2. The van der Waals surface area contributed by atoms with Crippen LogP contribution in [-0.4, -0.2) is 0 Å². The fraction of sp³-hybridized carbons (Fsp3) is 0. The number of hydrogen-bond acceptors (Lipinski definition) is 3. The standard InChI is InChI=1S/C52H33NO2/c1-2-11-42-35(9-1)10-7-14-43(42)36-21-28-40(29-22-36)53(39-26-19-34(20-27-39)38-25-32-46-45-12-3-5-16-48(45)55-51(46)33-38)41-30-23-37(24-31-41)44-15-8-18-50-52(44)47-13-4-6-17-49(47)54-50/h1-33H. The van der Waals surface area contributed by atoms with Crippen molar-refractivity contribution in [2.75, 3.05) is 4.90 Å². The predicted octanol–water partition coefficient (Wildman–Crippen LogP) is 15.1. The number of rotatable bonds is 6.